The van der Waals surface area contributed by atoms with Crippen molar-refractivity contribution in [2.24, 2.45) is 28.6 Å². The van der Waals surface area contributed by atoms with Gasteiger partial charge in [0.25, 0.3) is 0 Å². The Kier molecular flexibility index (Phi) is 8.34. The number of aliphatic hydroxyl groups excluding tert-OH is 1. The van der Waals surface area contributed by atoms with E-state index in [0.29, 0.717) is 24.8 Å². The molecule has 7 nitrogen and oxygen atoms in total. The van der Waals surface area contributed by atoms with E-state index in [0.717, 1.165) is 18.4 Å². The number of methoxy groups -OCH3 is 1. The first kappa shape index (κ1) is 27.6. The number of hydrogen-bond donors (Lipinski definition) is 1. The lowest BCUT2D eigenvalue weighted by atomic mass is 9.45. The van der Waals surface area contributed by atoms with Gasteiger partial charge in [0, 0.05) is 19.6 Å². The zero-order valence-electron chi connectivity index (χ0n) is 22.0. The minimum Gasteiger partial charge on any atom is -0.458 e. The molecule has 0 aromatic rings. The van der Waals surface area contributed by atoms with Gasteiger partial charge in [0.05, 0.1) is 17.4 Å². The third-order valence-electron chi connectivity index (χ3n) is 8.89. The highest BCUT2D eigenvalue weighted by Crippen LogP contribution is 2.67. The molecule has 3 rings (SSSR count). The number of aliphatic hydroxyl groups is 1. The fraction of sp³-hybridized carbons (Fsp3) is 0.714. The van der Waals surface area contributed by atoms with Crippen molar-refractivity contribution in [2.75, 3.05) is 7.11 Å². The van der Waals surface area contributed by atoms with Gasteiger partial charge in [-0.2, -0.15) is 0 Å². The zero-order valence-corrected chi connectivity index (χ0v) is 22.0. The number of ether oxygens (including phenoxy) is 4. The Morgan fingerprint density at radius 1 is 1.34 bits per heavy atom. The number of rotatable bonds is 9. The molecule has 35 heavy (non-hydrogen) atoms. The first-order valence-corrected chi connectivity index (χ1v) is 12.7. The van der Waals surface area contributed by atoms with Gasteiger partial charge in [0.1, 0.15) is 6.10 Å². The van der Waals surface area contributed by atoms with Crippen LogP contribution in [0.1, 0.15) is 66.7 Å². The van der Waals surface area contributed by atoms with Gasteiger partial charge in [-0.1, -0.05) is 52.5 Å². The number of carbonyl (C=O) groups excluding carboxylic acids is 2. The van der Waals surface area contributed by atoms with Crippen molar-refractivity contribution >= 4 is 11.9 Å². The zero-order chi connectivity index (χ0) is 26.1. The van der Waals surface area contributed by atoms with Crippen molar-refractivity contribution in [3.8, 4) is 0 Å². The topological polar surface area (TPSA) is 91.3 Å². The van der Waals surface area contributed by atoms with Gasteiger partial charge in [-0.15, -0.1) is 0 Å². The van der Waals surface area contributed by atoms with Crippen molar-refractivity contribution in [3.05, 3.63) is 36.5 Å². The summed E-state index contributed by atoms with van der Waals surface area (Å²) in [6.45, 7) is 17.5. The van der Waals surface area contributed by atoms with Crippen molar-refractivity contribution in [1.82, 2.24) is 0 Å². The van der Waals surface area contributed by atoms with Gasteiger partial charge in [-0.05, 0) is 55.4 Å². The predicted molar refractivity (Wildman–Crippen MR) is 132 cm³/mol. The Hall–Kier alpha value is -1.96. The van der Waals surface area contributed by atoms with E-state index < -0.39 is 36.2 Å². The molecule has 0 aromatic heterocycles. The molecule has 0 aromatic carbocycles. The monoisotopic (exact) mass is 490 g/mol. The summed E-state index contributed by atoms with van der Waals surface area (Å²) in [5.41, 5.74) is 0.343. The van der Waals surface area contributed by atoms with Gasteiger partial charge < -0.3 is 24.1 Å². The normalized spacial score (nSPS) is 39.0. The quantitative estimate of drug-likeness (QED) is 0.285. The Labute approximate surface area is 209 Å². The van der Waals surface area contributed by atoms with Crippen molar-refractivity contribution in [1.29, 1.82) is 0 Å². The Morgan fingerprint density at radius 3 is 2.60 bits per heavy atom. The second kappa shape index (κ2) is 10.6. The maximum absolute atomic E-state index is 12.7. The molecule has 0 amide bonds. The molecule has 2 fully saturated rings. The van der Waals surface area contributed by atoms with E-state index in [4.69, 9.17) is 18.9 Å². The smallest absolute Gasteiger partial charge is 0.309 e. The highest BCUT2D eigenvalue weighted by atomic mass is 16.8. The maximum atomic E-state index is 12.7. The van der Waals surface area contributed by atoms with Crippen LogP contribution >= 0.6 is 0 Å². The fourth-order valence-corrected chi connectivity index (χ4v) is 6.39. The molecule has 0 radical (unpaired) electrons. The number of esters is 2. The molecule has 1 spiro atoms. The summed E-state index contributed by atoms with van der Waals surface area (Å²) in [5, 5.41) is 11.7. The van der Waals surface area contributed by atoms with Crippen molar-refractivity contribution in [3.63, 3.8) is 0 Å². The largest absolute Gasteiger partial charge is 0.458 e. The maximum Gasteiger partial charge on any atom is 0.309 e. The van der Waals surface area contributed by atoms with Crippen LogP contribution in [0.5, 0.6) is 0 Å². The van der Waals surface area contributed by atoms with Gasteiger partial charge in [0.2, 0.25) is 6.29 Å². The molecule has 7 heteroatoms. The summed E-state index contributed by atoms with van der Waals surface area (Å²) in [7, 11) is 1.52. The SMILES string of the molecule is C=CC(=C)CC[C@]1(C)[C@H]2C[C@H](OC(=O)[C@H](C)CC)C=C3[C@H](OC)O[C@H](OC(C)=O)[C@@]32[C@H](O)C[C@@H]1C. The highest BCUT2D eigenvalue weighted by Gasteiger charge is 2.70. The molecule has 1 saturated carbocycles. The van der Waals surface area contributed by atoms with Crippen LogP contribution in [0.25, 0.3) is 0 Å². The third-order valence-corrected chi connectivity index (χ3v) is 8.89. The number of carbonyl (C=O) groups is 2. The van der Waals surface area contributed by atoms with E-state index >= 15 is 0 Å². The molecule has 1 saturated heterocycles. The van der Waals surface area contributed by atoms with Crippen molar-refractivity contribution in [2.45, 2.75) is 91.5 Å². The predicted octanol–water partition coefficient (Wildman–Crippen LogP) is 4.70. The molecule has 196 valence electrons. The van der Waals surface area contributed by atoms with Gasteiger partial charge in [-0.25, -0.2) is 0 Å². The van der Waals surface area contributed by atoms with Crippen LogP contribution in [0.2, 0.25) is 0 Å². The second-order valence-electron chi connectivity index (χ2n) is 10.8. The summed E-state index contributed by atoms with van der Waals surface area (Å²) in [5.74, 6) is -1.01. The molecular weight excluding hydrogens is 448 g/mol. The fourth-order valence-electron chi connectivity index (χ4n) is 6.39. The van der Waals surface area contributed by atoms with E-state index in [9.17, 15) is 14.7 Å². The van der Waals surface area contributed by atoms with E-state index in [-0.39, 0.29) is 29.1 Å². The lowest BCUT2D eigenvalue weighted by Crippen LogP contribution is -2.63. The van der Waals surface area contributed by atoms with Crippen LogP contribution in [0.4, 0.5) is 0 Å². The van der Waals surface area contributed by atoms with Crippen LogP contribution in [0.15, 0.2) is 36.5 Å². The number of hydrogen-bond acceptors (Lipinski definition) is 7. The Morgan fingerprint density at radius 2 is 2.03 bits per heavy atom. The molecule has 1 N–H and O–H groups in total. The molecule has 0 unspecified atom stereocenters. The van der Waals surface area contributed by atoms with Gasteiger partial charge in [-0.3, -0.25) is 9.59 Å². The first-order valence-electron chi connectivity index (χ1n) is 12.7. The van der Waals surface area contributed by atoms with E-state index in [2.05, 4.69) is 27.0 Å². The Balaban J connectivity index is 2.15. The minimum atomic E-state index is -1.00. The molecule has 2 aliphatic carbocycles. The van der Waals surface area contributed by atoms with Gasteiger partial charge >= 0.3 is 11.9 Å². The van der Waals surface area contributed by atoms with E-state index in [1.807, 2.05) is 19.9 Å². The van der Waals surface area contributed by atoms with Crippen LogP contribution in [-0.2, 0) is 28.5 Å². The van der Waals surface area contributed by atoms with E-state index in [1.165, 1.54) is 14.0 Å². The standard InChI is InChI=1S/C28H42O7/c1-9-16(3)11-12-27(7)18(5)13-23(30)28-21(25(32-8)35-26(28)33-19(6)29)14-20(15-22(27)28)34-24(31)17(4)10-2/h9,14,17-18,20,22-23,25-26,30H,1,3,10-13,15H2,2,4-8H3/t17-,18+,20-,22-,23-,25-,26+,27+,28+/m1/s1. The lowest BCUT2D eigenvalue weighted by molar-refractivity contribution is -0.254. The third kappa shape index (κ3) is 4.75. The van der Waals surface area contributed by atoms with Crippen LogP contribution < -0.4 is 0 Å². The molecule has 1 heterocycles. The van der Waals surface area contributed by atoms with Crippen molar-refractivity contribution < 1.29 is 33.6 Å². The lowest BCUT2D eigenvalue weighted by Gasteiger charge is -2.60. The highest BCUT2D eigenvalue weighted by molar-refractivity contribution is 5.72. The average Bonchev–Trinajstić information content (AvgIpc) is 3.13. The molecule has 9 atom stereocenters. The van der Waals surface area contributed by atoms with Crippen LogP contribution in [0.3, 0.4) is 0 Å². The molecule has 3 aliphatic rings. The molecule has 0 bridgehead atoms. The van der Waals surface area contributed by atoms with Gasteiger partial charge in [0.15, 0.2) is 6.29 Å². The summed E-state index contributed by atoms with van der Waals surface area (Å²) in [4.78, 5) is 24.9. The summed E-state index contributed by atoms with van der Waals surface area (Å²) in [6.07, 6.45) is 3.72. The minimum absolute atomic E-state index is 0.149. The average molecular weight is 491 g/mol. The summed E-state index contributed by atoms with van der Waals surface area (Å²) < 4.78 is 23.5. The molecular formula is C28H42O7. The van der Waals surface area contributed by atoms with Crippen LogP contribution in [-0.4, -0.2) is 48.9 Å². The summed E-state index contributed by atoms with van der Waals surface area (Å²) in [6, 6.07) is 0. The van der Waals surface area contributed by atoms with Crippen LogP contribution in [0, 0.1) is 28.6 Å². The molecule has 1 aliphatic heterocycles. The number of allylic oxidation sites excluding steroid dienone is 2. The Bertz CT molecular complexity index is 879. The second-order valence-corrected chi connectivity index (χ2v) is 10.8. The van der Waals surface area contributed by atoms with E-state index in [1.54, 1.807) is 6.08 Å². The summed E-state index contributed by atoms with van der Waals surface area (Å²) >= 11 is 0. The first-order chi connectivity index (χ1) is 16.4.